The van der Waals surface area contributed by atoms with Crippen LogP contribution in [0.1, 0.15) is 68.6 Å². The highest BCUT2D eigenvalue weighted by Crippen LogP contribution is 2.53. The van der Waals surface area contributed by atoms with Gasteiger partial charge >= 0.3 is 0 Å². The number of hydrogen-bond donors (Lipinski definition) is 1. The first-order valence-electron chi connectivity index (χ1n) is 12.2. The molecule has 0 fully saturated rings. The van der Waals surface area contributed by atoms with Crippen molar-refractivity contribution in [3.8, 4) is 11.3 Å². The Hall–Kier alpha value is -2.98. The molecule has 176 valence electrons. The molecule has 3 aromatic rings. The van der Waals surface area contributed by atoms with Crippen molar-refractivity contribution in [3.63, 3.8) is 0 Å². The molecule has 1 heterocycles. The summed E-state index contributed by atoms with van der Waals surface area (Å²) < 4.78 is 0. The van der Waals surface area contributed by atoms with Gasteiger partial charge in [-0.25, -0.2) is 4.98 Å². The molecule has 4 heteroatoms. The third-order valence-corrected chi connectivity index (χ3v) is 7.97. The molecule has 1 aromatic heterocycles. The van der Waals surface area contributed by atoms with Gasteiger partial charge in [-0.1, -0.05) is 80.6 Å². The Balaban J connectivity index is 1.62. The number of carbonyl (C=O) groups excluding carboxylic acids is 1. The smallest absolute Gasteiger partial charge is 0.232 e. The van der Waals surface area contributed by atoms with Gasteiger partial charge in [0, 0.05) is 16.9 Å². The standard InChI is InChI=1S/C30H34N2OS/c1-5-8-14-26-25-13-10-9-12-24(25)23(11-6-2)19-30(26,4)28(33)32-29-31-27(20-34-29)22-17-15-21(7-3)16-18-22/h5-6,8-10,12-13,15-18,20,23,26H,2,7,11,14,19H2,1,3-4H3,(H,31,32,33)/b8-5-. The Labute approximate surface area is 207 Å². The molecular formula is C30H34N2OS. The summed E-state index contributed by atoms with van der Waals surface area (Å²) in [7, 11) is 0. The van der Waals surface area contributed by atoms with Gasteiger partial charge in [0.25, 0.3) is 0 Å². The molecule has 1 aliphatic carbocycles. The molecule has 4 rings (SSSR count). The molecule has 0 aliphatic heterocycles. The van der Waals surface area contributed by atoms with Gasteiger partial charge in [-0.2, -0.15) is 0 Å². The van der Waals surface area contributed by atoms with Gasteiger partial charge < -0.3 is 5.32 Å². The average Bonchev–Trinajstić information content (AvgIpc) is 3.32. The van der Waals surface area contributed by atoms with Gasteiger partial charge in [0.1, 0.15) is 0 Å². The molecule has 1 amide bonds. The fraction of sp³-hybridized carbons (Fsp3) is 0.333. The van der Waals surface area contributed by atoms with Gasteiger partial charge in [-0.05, 0) is 55.2 Å². The fourth-order valence-corrected chi connectivity index (χ4v) is 5.96. The van der Waals surface area contributed by atoms with Crippen LogP contribution in [0.2, 0.25) is 0 Å². The van der Waals surface area contributed by atoms with Gasteiger partial charge in [0.15, 0.2) is 5.13 Å². The molecule has 3 unspecified atom stereocenters. The van der Waals surface area contributed by atoms with Crippen molar-refractivity contribution < 1.29 is 4.79 Å². The molecule has 1 aliphatic rings. The van der Waals surface area contributed by atoms with Crippen LogP contribution in [0.5, 0.6) is 0 Å². The topological polar surface area (TPSA) is 42.0 Å². The van der Waals surface area contributed by atoms with E-state index in [2.05, 4.69) is 86.4 Å². The second-order valence-electron chi connectivity index (χ2n) is 9.37. The number of anilines is 1. The number of aryl methyl sites for hydroxylation is 1. The minimum atomic E-state index is -0.545. The fourth-order valence-electron chi connectivity index (χ4n) is 5.24. The van der Waals surface area contributed by atoms with E-state index in [1.165, 1.54) is 28.0 Å². The van der Waals surface area contributed by atoms with E-state index in [-0.39, 0.29) is 17.7 Å². The summed E-state index contributed by atoms with van der Waals surface area (Å²) in [4.78, 5) is 18.6. The summed E-state index contributed by atoms with van der Waals surface area (Å²) in [5.74, 6) is 0.449. The van der Waals surface area contributed by atoms with Crippen LogP contribution >= 0.6 is 11.3 Å². The predicted octanol–water partition coefficient (Wildman–Crippen LogP) is 8.13. The van der Waals surface area contributed by atoms with Crippen molar-refractivity contribution in [1.29, 1.82) is 0 Å². The van der Waals surface area contributed by atoms with Crippen LogP contribution in [0.4, 0.5) is 5.13 Å². The van der Waals surface area contributed by atoms with Crippen LogP contribution in [0.15, 0.2) is 78.7 Å². The van der Waals surface area contributed by atoms with E-state index in [0.29, 0.717) is 5.13 Å². The maximum absolute atomic E-state index is 13.9. The lowest BCUT2D eigenvalue weighted by Crippen LogP contribution is -2.43. The van der Waals surface area contributed by atoms with Crippen molar-refractivity contribution in [2.24, 2.45) is 5.41 Å². The highest BCUT2D eigenvalue weighted by molar-refractivity contribution is 7.14. The molecular weight excluding hydrogens is 436 g/mol. The summed E-state index contributed by atoms with van der Waals surface area (Å²) >= 11 is 1.49. The lowest BCUT2D eigenvalue weighted by molar-refractivity contribution is -0.127. The van der Waals surface area contributed by atoms with E-state index in [0.717, 1.165) is 36.9 Å². The third kappa shape index (κ3) is 4.78. The zero-order chi connectivity index (χ0) is 24.1. The number of nitrogens with one attached hydrogen (secondary N) is 1. The number of carbonyl (C=O) groups is 1. The zero-order valence-electron chi connectivity index (χ0n) is 20.4. The van der Waals surface area contributed by atoms with Crippen molar-refractivity contribution >= 4 is 22.4 Å². The molecule has 0 bridgehead atoms. The van der Waals surface area contributed by atoms with Crippen molar-refractivity contribution in [1.82, 2.24) is 4.98 Å². The van der Waals surface area contributed by atoms with Gasteiger partial charge in [-0.3, -0.25) is 4.79 Å². The minimum absolute atomic E-state index is 0.0489. The van der Waals surface area contributed by atoms with E-state index in [4.69, 9.17) is 4.98 Å². The second-order valence-corrected chi connectivity index (χ2v) is 10.2. The summed E-state index contributed by atoms with van der Waals surface area (Å²) in [6.45, 7) is 10.3. The van der Waals surface area contributed by atoms with Crippen molar-refractivity contribution in [3.05, 3.63) is 95.4 Å². The number of rotatable bonds is 8. The number of hydrogen-bond acceptors (Lipinski definition) is 3. The zero-order valence-corrected chi connectivity index (χ0v) is 21.2. The highest BCUT2D eigenvalue weighted by atomic mass is 32.1. The molecule has 2 aromatic carbocycles. The van der Waals surface area contributed by atoms with Crippen LogP contribution in [0.3, 0.4) is 0 Å². The SMILES string of the molecule is C=CCC1CC(C)(C(=O)Nc2nc(-c3ccc(CC)cc3)cs2)C(C/C=C\C)c2ccccc21. The Morgan fingerprint density at radius 1 is 1.18 bits per heavy atom. The van der Waals surface area contributed by atoms with Crippen LogP contribution < -0.4 is 5.32 Å². The first kappa shape index (κ1) is 24.2. The van der Waals surface area contributed by atoms with Crippen LogP contribution in [-0.2, 0) is 11.2 Å². The number of amides is 1. The number of nitrogens with zero attached hydrogens (tertiary/aromatic N) is 1. The largest absolute Gasteiger partial charge is 0.301 e. The molecule has 0 radical (unpaired) electrons. The molecule has 3 atom stereocenters. The highest BCUT2D eigenvalue weighted by Gasteiger charge is 2.47. The Kier molecular flexibility index (Phi) is 7.47. The first-order chi connectivity index (χ1) is 16.5. The summed E-state index contributed by atoms with van der Waals surface area (Å²) in [6.07, 6.45) is 9.75. The maximum atomic E-state index is 13.9. The van der Waals surface area contributed by atoms with Crippen LogP contribution in [-0.4, -0.2) is 10.9 Å². The van der Waals surface area contributed by atoms with Crippen LogP contribution in [0.25, 0.3) is 11.3 Å². The van der Waals surface area contributed by atoms with E-state index in [9.17, 15) is 4.79 Å². The molecule has 1 N–H and O–H groups in total. The predicted molar refractivity (Wildman–Crippen MR) is 144 cm³/mol. The van der Waals surface area contributed by atoms with Crippen molar-refractivity contribution in [2.75, 3.05) is 5.32 Å². The number of thiazole rings is 1. The monoisotopic (exact) mass is 470 g/mol. The lowest BCUT2D eigenvalue weighted by atomic mass is 9.59. The molecule has 34 heavy (non-hydrogen) atoms. The van der Waals surface area contributed by atoms with Crippen LogP contribution in [0, 0.1) is 5.41 Å². The number of benzene rings is 2. The summed E-state index contributed by atoms with van der Waals surface area (Å²) in [6, 6.07) is 17.1. The lowest BCUT2D eigenvalue weighted by Gasteiger charge is -2.44. The quantitative estimate of drug-likeness (QED) is 0.338. The van der Waals surface area contributed by atoms with Gasteiger partial charge in [-0.15, -0.1) is 17.9 Å². The normalized spacial score (nSPS) is 21.9. The Bertz CT molecular complexity index is 1180. The summed E-state index contributed by atoms with van der Waals surface area (Å²) in [5, 5.41) is 5.86. The van der Waals surface area contributed by atoms with E-state index in [1.807, 2.05) is 18.4 Å². The summed E-state index contributed by atoms with van der Waals surface area (Å²) in [5.41, 5.74) is 5.37. The number of allylic oxidation sites excluding steroid dienone is 3. The molecule has 0 spiro atoms. The third-order valence-electron chi connectivity index (χ3n) is 7.21. The maximum Gasteiger partial charge on any atom is 0.232 e. The second kappa shape index (κ2) is 10.5. The molecule has 3 nitrogen and oxygen atoms in total. The first-order valence-corrected chi connectivity index (χ1v) is 13.0. The van der Waals surface area contributed by atoms with Gasteiger partial charge in [0.2, 0.25) is 5.91 Å². The minimum Gasteiger partial charge on any atom is -0.301 e. The number of aromatic nitrogens is 1. The number of fused-ring (bicyclic) bond motifs is 1. The Morgan fingerprint density at radius 2 is 1.91 bits per heavy atom. The van der Waals surface area contributed by atoms with E-state index >= 15 is 0 Å². The van der Waals surface area contributed by atoms with E-state index in [1.54, 1.807) is 0 Å². The average molecular weight is 471 g/mol. The Morgan fingerprint density at radius 3 is 2.59 bits per heavy atom. The molecule has 0 saturated carbocycles. The van der Waals surface area contributed by atoms with Crippen molar-refractivity contribution in [2.45, 2.75) is 58.3 Å². The molecule has 0 saturated heterocycles. The van der Waals surface area contributed by atoms with Gasteiger partial charge in [0.05, 0.1) is 11.1 Å². The van der Waals surface area contributed by atoms with E-state index < -0.39 is 5.41 Å².